The van der Waals surface area contributed by atoms with Crippen LogP contribution >= 0.6 is 0 Å². The molecule has 16 nitrogen and oxygen atoms in total. The lowest BCUT2D eigenvalue weighted by atomic mass is 9.96. The highest BCUT2D eigenvalue weighted by molar-refractivity contribution is 5.69. The standard InChI is InChI=1S/C27H32O16/c28-7-17-19(34)21(36)22(37)26(41-17)43-25-20(35)18(8-29)42-27(23(25)38)40-16-6-11-13(32)4-10(30)5-15(11)39-24(16)9-1-2-12(31)14(33)3-9/h1-6,17-38H,7-8H2/p+1/t17?,18?,19-,20-,21?,22-,23?,24?,25?,26+,27-/m1/s1. The van der Waals surface area contributed by atoms with Crippen LogP contribution < -0.4 is 0 Å². The molecule has 3 aliphatic rings. The van der Waals surface area contributed by atoms with Gasteiger partial charge in [0.05, 0.1) is 24.8 Å². The highest BCUT2D eigenvalue weighted by Crippen LogP contribution is 2.46. The maximum Gasteiger partial charge on any atom is 0.270 e. The number of aromatic hydroxyl groups is 5. The smallest absolute Gasteiger partial charge is 0.270 e. The van der Waals surface area contributed by atoms with Crippen molar-refractivity contribution in [1.29, 1.82) is 0 Å². The molecule has 43 heavy (non-hydrogen) atoms. The van der Waals surface area contributed by atoms with E-state index in [1.807, 2.05) is 0 Å². The Bertz CT molecular complexity index is 1330. The molecule has 2 aromatic rings. The summed E-state index contributed by atoms with van der Waals surface area (Å²) in [5, 5.41) is 112. The quantitative estimate of drug-likeness (QED) is 0.114. The molecule has 12 N–H and O–H groups in total. The van der Waals surface area contributed by atoms with Crippen LogP contribution in [0.4, 0.5) is 0 Å². The van der Waals surface area contributed by atoms with E-state index < -0.39 is 92.2 Å². The van der Waals surface area contributed by atoms with Gasteiger partial charge in [0.15, 0.2) is 23.5 Å². The Labute approximate surface area is 243 Å². The summed E-state index contributed by atoms with van der Waals surface area (Å²) in [5.74, 6) is -1.50. The molecule has 3 aliphatic heterocycles. The summed E-state index contributed by atoms with van der Waals surface area (Å²) in [5.41, 5.74) is 0.387. The lowest BCUT2D eigenvalue weighted by Gasteiger charge is -2.46. The lowest BCUT2D eigenvalue weighted by molar-refractivity contribution is -0.358. The van der Waals surface area contributed by atoms with Crippen molar-refractivity contribution in [2.75, 3.05) is 13.2 Å². The minimum absolute atomic E-state index is 0.0812. The third-order valence-corrected chi connectivity index (χ3v) is 7.47. The second-order valence-electron chi connectivity index (χ2n) is 10.3. The molecule has 6 unspecified atom stereocenters. The molecule has 3 heterocycles. The number of fused-ring (bicyclic) bond motifs is 1. The number of rotatable bonds is 7. The normalized spacial score (nSPS) is 35.9. The summed E-state index contributed by atoms with van der Waals surface area (Å²) >= 11 is 0. The molecule has 0 radical (unpaired) electrons. The molecule has 0 aromatic heterocycles. The molecule has 0 saturated carbocycles. The zero-order valence-corrected chi connectivity index (χ0v) is 22.2. The third kappa shape index (κ3) is 5.89. The zero-order chi connectivity index (χ0) is 31.2. The number of phenolic OH excluding ortho intramolecular Hbond substituents is 4. The van der Waals surface area contributed by atoms with Crippen LogP contribution in [-0.4, -0.2) is 136 Å². The summed E-state index contributed by atoms with van der Waals surface area (Å²) in [6, 6.07) is 6.13. The Morgan fingerprint density at radius 3 is 2.05 bits per heavy atom. The van der Waals surface area contributed by atoms with Gasteiger partial charge in [0, 0.05) is 12.1 Å². The molecule has 16 heteroatoms. The molecule has 11 atom stereocenters. The molecule has 0 amide bonds. The number of aliphatic hydroxyl groups is 8. The molecule has 2 aromatic carbocycles. The van der Waals surface area contributed by atoms with Crippen LogP contribution in [0, 0.1) is 0 Å². The topological polar surface area (TPSA) is 272 Å². The molecule has 0 spiro atoms. The van der Waals surface area contributed by atoms with E-state index in [9.17, 15) is 56.2 Å². The van der Waals surface area contributed by atoms with Crippen molar-refractivity contribution in [2.24, 2.45) is 0 Å². The fraction of sp³-hybridized carbons (Fsp3) is 0.481. The Morgan fingerprint density at radius 2 is 1.37 bits per heavy atom. The lowest BCUT2D eigenvalue weighted by Crippen LogP contribution is -2.64. The fourth-order valence-corrected chi connectivity index (χ4v) is 5.11. The summed E-state index contributed by atoms with van der Waals surface area (Å²) in [6.07, 6.45) is -16.6. The van der Waals surface area contributed by atoms with Gasteiger partial charge in [-0.3, -0.25) is 0 Å². The van der Waals surface area contributed by atoms with Crippen molar-refractivity contribution in [1.82, 2.24) is 0 Å². The molecule has 0 bridgehead atoms. The van der Waals surface area contributed by atoms with Crippen molar-refractivity contribution in [2.45, 2.75) is 67.5 Å². The van der Waals surface area contributed by atoms with Gasteiger partial charge in [0.2, 0.25) is 6.29 Å². The number of aliphatic hydroxyl groups excluding tert-OH is 7. The van der Waals surface area contributed by atoms with Gasteiger partial charge < -0.3 is 79.9 Å². The molecule has 2 fully saturated rings. The van der Waals surface area contributed by atoms with Gasteiger partial charge in [0.25, 0.3) is 11.9 Å². The number of phenols is 4. The predicted octanol–water partition coefficient (Wildman–Crippen LogP) is -2.51. The van der Waals surface area contributed by atoms with Crippen molar-refractivity contribution < 1.29 is 79.9 Å². The van der Waals surface area contributed by atoms with Crippen molar-refractivity contribution in [3.63, 3.8) is 0 Å². The summed E-state index contributed by atoms with van der Waals surface area (Å²) in [4.78, 5) is 0. The maximum absolute atomic E-state index is 11.2. The molecule has 2 saturated heterocycles. The molecule has 0 aliphatic carbocycles. The van der Waals surface area contributed by atoms with Crippen LogP contribution in [0.2, 0.25) is 0 Å². The van der Waals surface area contributed by atoms with Crippen LogP contribution in [0.15, 0.2) is 36.1 Å². The first-order chi connectivity index (χ1) is 20.4. The van der Waals surface area contributed by atoms with Crippen LogP contribution in [0.5, 0.6) is 28.7 Å². The molecule has 5 rings (SSSR count). The van der Waals surface area contributed by atoms with E-state index in [1.54, 1.807) is 0 Å². The third-order valence-electron chi connectivity index (χ3n) is 7.47. The Hall–Kier alpha value is -3.42. The van der Waals surface area contributed by atoms with Crippen molar-refractivity contribution in [3.8, 4) is 28.7 Å². The van der Waals surface area contributed by atoms with E-state index in [-0.39, 0.29) is 34.1 Å². The van der Waals surface area contributed by atoms with E-state index in [0.717, 1.165) is 6.07 Å². The van der Waals surface area contributed by atoms with Crippen LogP contribution in [0.3, 0.4) is 0 Å². The highest BCUT2D eigenvalue weighted by atomic mass is 16.7. The van der Waals surface area contributed by atoms with Gasteiger partial charge in [0.1, 0.15) is 65.9 Å². The van der Waals surface area contributed by atoms with Gasteiger partial charge in [-0.05, 0) is 18.2 Å². The van der Waals surface area contributed by atoms with Crippen LogP contribution in [0.25, 0.3) is 6.08 Å². The van der Waals surface area contributed by atoms with E-state index in [2.05, 4.69) is 4.74 Å². The average molecular weight is 614 g/mol. The SMILES string of the molecule is OCC1O[C@@H](OC2=Cc3c(O)cc(O)cc3[OH+]C2c2ccc(O)c(O)c2)C(O)C(O[C@@H]2OC(CO)[C@@H](O)C(O)[C@H]2O)[C@@H]1O. The zero-order valence-electron chi connectivity index (χ0n) is 22.2. The summed E-state index contributed by atoms with van der Waals surface area (Å²) in [7, 11) is 0. The van der Waals surface area contributed by atoms with Gasteiger partial charge >= 0.3 is 0 Å². The van der Waals surface area contributed by atoms with E-state index in [1.165, 1.54) is 30.3 Å². The second-order valence-corrected chi connectivity index (χ2v) is 10.3. The average Bonchev–Trinajstić information content (AvgIpc) is 2.97. The Balaban J connectivity index is 1.46. The second kappa shape index (κ2) is 12.3. The number of benzene rings is 2. The predicted molar refractivity (Wildman–Crippen MR) is 139 cm³/mol. The van der Waals surface area contributed by atoms with Crippen LogP contribution in [0.1, 0.15) is 17.2 Å². The first kappa shape index (κ1) is 31.0. The minimum atomic E-state index is -1.87. The van der Waals surface area contributed by atoms with Crippen molar-refractivity contribution in [3.05, 3.63) is 47.2 Å². The van der Waals surface area contributed by atoms with Gasteiger partial charge in [-0.2, -0.15) is 0 Å². The first-order valence-electron chi connectivity index (χ1n) is 13.2. The van der Waals surface area contributed by atoms with E-state index in [4.69, 9.17) is 18.9 Å². The molecular weight excluding hydrogens is 580 g/mol. The maximum atomic E-state index is 11.2. The Kier molecular flexibility index (Phi) is 8.87. The van der Waals surface area contributed by atoms with E-state index >= 15 is 0 Å². The van der Waals surface area contributed by atoms with Crippen LogP contribution in [-0.2, 0) is 18.9 Å². The summed E-state index contributed by atoms with van der Waals surface area (Å²) < 4.78 is 27.0. The van der Waals surface area contributed by atoms with Gasteiger partial charge in [-0.15, -0.1) is 0 Å². The van der Waals surface area contributed by atoms with Gasteiger partial charge in [-0.1, -0.05) is 0 Å². The number of ether oxygens (including phenoxy) is 5. The van der Waals surface area contributed by atoms with Crippen molar-refractivity contribution >= 4 is 6.08 Å². The molecular formula is C27H33O16+. The van der Waals surface area contributed by atoms with Gasteiger partial charge in [-0.25, -0.2) is 0 Å². The monoisotopic (exact) mass is 613 g/mol. The largest absolute Gasteiger partial charge is 0.571 e. The first-order valence-corrected chi connectivity index (χ1v) is 13.2. The Morgan fingerprint density at radius 1 is 0.698 bits per heavy atom. The molecule has 236 valence electrons. The van der Waals surface area contributed by atoms with E-state index in [0.29, 0.717) is 0 Å². The minimum Gasteiger partial charge on any atom is -0.571 e. The fourth-order valence-electron chi connectivity index (χ4n) is 5.11. The summed E-state index contributed by atoms with van der Waals surface area (Å²) in [6.45, 7) is -1.55. The number of hydrogen-bond acceptors (Lipinski definition) is 15. The number of hydrogen-bond donors (Lipinski definition) is 11. The highest BCUT2D eigenvalue weighted by Gasteiger charge is 2.52.